The van der Waals surface area contributed by atoms with Gasteiger partial charge in [0.2, 0.25) is 11.8 Å². The van der Waals surface area contributed by atoms with Gasteiger partial charge in [-0.05, 0) is 37.5 Å². The van der Waals surface area contributed by atoms with Crippen molar-refractivity contribution in [3.8, 4) is 0 Å². The van der Waals surface area contributed by atoms with E-state index in [0.717, 1.165) is 12.0 Å². The quantitative estimate of drug-likeness (QED) is 0.475. The van der Waals surface area contributed by atoms with Crippen LogP contribution in [0.15, 0.2) is 78.9 Å². The van der Waals surface area contributed by atoms with Crippen molar-refractivity contribution in [3.05, 3.63) is 89.5 Å². The lowest BCUT2D eigenvalue weighted by molar-refractivity contribution is -0.145. The molecule has 6 rings (SSSR count). The maximum Gasteiger partial charge on any atom is 0.251 e. The first-order chi connectivity index (χ1) is 20.3. The number of halogens is 1. The number of nitrogens with zero attached hydrogens (tertiary/aromatic N) is 3. The highest BCUT2D eigenvalue weighted by atomic mass is 35.5. The summed E-state index contributed by atoms with van der Waals surface area (Å²) in [4.78, 5) is 48.9. The number of amides is 3. The van der Waals surface area contributed by atoms with Crippen molar-refractivity contribution < 1.29 is 19.5 Å². The van der Waals surface area contributed by atoms with Gasteiger partial charge in [0.05, 0.1) is 39.9 Å². The molecule has 0 radical (unpaired) electrons. The van der Waals surface area contributed by atoms with Crippen LogP contribution in [0.2, 0.25) is 5.02 Å². The lowest BCUT2D eigenvalue weighted by atomic mass is 9.74. The molecule has 2 fully saturated rings. The summed E-state index contributed by atoms with van der Waals surface area (Å²) < 4.78 is -1.68. The number of rotatable bonds is 7. The van der Waals surface area contributed by atoms with Crippen molar-refractivity contribution in [1.29, 1.82) is 0 Å². The third-order valence-corrected chi connectivity index (χ3v) is 11.2. The van der Waals surface area contributed by atoms with Gasteiger partial charge >= 0.3 is 0 Å². The number of aliphatic hydroxyl groups excluding tert-OH is 1. The van der Waals surface area contributed by atoms with Crippen LogP contribution in [0.1, 0.15) is 25.8 Å². The Morgan fingerprint density at radius 2 is 1.67 bits per heavy atom. The number of carbonyl (C=O) groups is 3. The van der Waals surface area contributed by atoms with Crippen LogP contribution in [0.25, 0.3) is 0 Å². The Morgan fingerprint density at radius 1 is 0.952 bits per heavy atom. The molecule has 7 nitrogen and oxygen atoms in total. The SMILES string of the molecule is CCCN1CC=C[C@]2(C)S[C@]34C=CCN(c5ccccc5Cl)C(=O)C3N([C@@H](CO)Cc3ccccc3)C(=O)[C@@H]4[C@@H]2C1=O. The van der Waals surface area contributed by atoms with Gasteiger partial charge in [-0.3, -0.25) is 14.4 Å². The molecule has 3 amide bonds. The molecule has 4 aliphatic rings. The lowest BCUT2D eigenvalue weighted by Crippen LogP contribution is -2.57. The van der Waals surface area contributed by atoms with E-state index in [1.807, 2.05) is 79.4 Å². The highest BCUT2D eigenvalue weighted by Gasteiger charge is 2.74. The molecule has 220 valence electrons. The molecule has 6 atom stereocenters. The summed E-state index contributed by atoms with van der Waals surface area (Å²) in [5.74, 6) is -1.97. The van der Waals surface area contributed by atoms with E-state index in [4.69, 9.17) is 11.6 Å². The van der Waals surface area contributed by atoms with Gasteiger partial charge in [-0.15, -0.1) is 11.8 Å². The number of anilines is 1. The monoisotopic (exact) mass is 605 g/mol. The zero-order valence-electron chi connectivity index (χ0n) is 23.9. The first-order valence-corrected chi connectivity index (χ1v) is 15.8. The number of thioether (sulfide) groups is 1. The Balaban J connectivity index is 1.51. The lowest BCUT2D eigenvalue weighted by Gasteiger charge is -2.40. The molecular formula is C33H36ClN3O4S. The Bertz CT molecular complexity index is 1450. The summed E-state index contributed by atoms with van der Waals surface area (Å²) in [5.41, 5.74) is 1.52. The summed E-state index contributed by atoms with van der Waals surface area (Å²) in [6.07, 6.45) is 9.23. The third-order valence-electron chi connectivity index (χ3n) is 9.13. The molecule has 1 spiro atoms. The van der Waals surface area contributed by atoms with Crippen LogP contribution >= 0.6 is 23.4 Å². The Labute approximate surface area is 256 Å². The topological polar surface area (TPSA) is 81.2 Å². The number of hydrogen-bond donors (Lipinski definition) is 1. The molecule has 42 heavy (non-hydrogen) atoms. The molecule has 9 heteroatoms. The first-order valence-electron chi connectivity index (χ1n) is 14.6. The van der Waals surface area contributed by atoms with E-state index >= 15 is 0 Å². The zero-order chi connectivity index (χ0) is 29.6. The summed E-state index contributed by atoms with van der Waals surface area (Å²) in [6, 6.07) is 15.3. The first kappa shape index (κ1) is 29.0. The average Bonchev–Trinajstić information content (AvgIpc) is 3.26. The molecule has 4 heterocycles. The molecule has 2 aromatic carbocycles. The second kappa shape index (κ2) is 11.2. The van der Waals surface area contributed by atoms with Crippen molar-refractivity contribution in [2.45, 2.75) is 48.3 Å². The van der Waals surface area contributed by atoms with Crippen molar-refractivity contribution in [2.75, 3.05) is 31.1 Å². The number of fused-ring (bicyclic) bond motifs is 2. The van der Waals surface area contributed by atoms with Gasteiger partial charge in [-0.25, -0.2) is 0 Å². The van der Waals surface area contributed by atoms with E-state index in [1.54, 1.807) is 33.7 Å². The van der Waals surface area contributed by atoms with Gasteiger partial charge in [-0.2, -0.15) is 0 Å². The van der Waals surface area contributed by atoms with Crippen LogP contribution in [-0.2, 0) is 20.8 Å². The number of aliphatic hydroxyl groups is 1. The smallest absolute Gasteiger partial charge is 0.251 e. The fraction of sp³-hybridized carbons (Fsp3) is 0.424. The van der Waals surface area contributed by atoms with Crippen LogP contribution in [-0.4, -0.2) is 80.4 Å². The predicted molar refractivity (Wildman–Crippen MR) is 166 cm³/mol. The average molecular weight is 606 g/mol. The molecule has 1 unspecified atom stereocenters. The zero-order valence-corrected chi connectivity index (χ0v) is 25.4. The summed E-state index contributed by atoms with van der Waals surface area (Å²) in [5, 5.41) is 11.2. The summed E-state index contributed by atoms with van der Waals surface area (Å²) >= 11 is 8.14. The number of likely N-dealkylation sites (tertiary alicyclic amines) is 1. The van der Waals surface area contributed by atoms with Crippen molar-refractivity contribution in [2.24, 2.45) is 11.8 Å². The Kier molecular flexibility index (Phi) is 7.75. The maximum atomic E-state index is 14.8. The minimum atomic E-state index is -0.997. The largest absolute Gasteiger partial charge is 0.394 e. The predicted octanol–water partition coefficient (Wildman–Crippen LogP) is 4.34. The van der Waals surface area contributed by atoms with E-state index in [-0.39, 0.29) is 30.9 Å². The molecular weight excluding hydrogens is 570 g/mol. The molecule has 2 aromatic rings. The second-order valence-corrected chi connectivity index (χ2v) is 14.0. The van der Waals surface area contributed by atoms with Crippen LogP contribution in [0.4, 0.5) is 5.69 Å². The highest BCUT2D eigenvalue weighted by Crippen LogP contribution is 2.66. The summed E-state index contributed by atoms with van der Waals surface area (Å²) in [6.45, 7) is 5.13. The Morgan fingerprint density at radius 3 is 2.38 bits per heavy atom. The summed E-state index contributed by atoms with van der Waals surface area (Å²) in [7, 11) is 0. The molecule has 0 saturated carbocycles. The molecule has 1 N–H and O–H groups in total. The van der Waals surface area contributed by atoms with Gasteiger partial charge < -0.3 is 19.8 Å². The van der Waals surface area contributed by atoms with Crippen LogP contribution < -0.4 is 4.90 Å². The van der Waals surface area contributed by atoms with Gasteiger partial charge in [0, 0.05) is 24.4 Å². The van der Waals surface area contributed by atoms with Crippen molar-refractivity contribution in [3.63, 3.8) is 0 Å². The van der Waals surface area contributed by atoms with Gasteiger partial charge in [0.15, 0.2) is 0 Å². The normalized spacial score (nSPS) is 31.1. The molecule has 4 aliphatic heterocycles. The molecule has 0 aromatic heterocycles. The van der Waals surface area contributed by atoms with Gasteiger partial charge in [-0.1, -0.05) is 85.3 Å². The van der Waals surface area contributed by atoms with Gasteiger partial charge in [0.1, 0.15) is 6.04 Å². The van der Waals surface area contributed by atoms with Crippen LogP contribution in [0, 0.1) is 11.8 Å². The van der Waals surface area contributed by atoms with E-state index in [0.29, 0.717) is 30.2 Å². The van der Waals surface area contributed by atoms with Crippen LogP contribution in [0.5, 0.6) is 0 Å². The molecule has 2 saturated heterocycles. The van der Waals surface area contributed by atoms with E-state index in [2.05, 4.69) is 6.08 Å². The highest BCUT2D eigenvalue weighted by molar-refractivity contribution is 8.02. The fourth-order valence-corrected chi connectivity index (χ4v) is 9.78. The van der Waals surface area contributed by atoms with Crippen molar-refractivity contribution >= 4 is 46.8 Å². The van der Waals surface area contributed by atoms with E-state index in [9.17, 15) is 19.5 Å². The standard InChI is InChI=1S/C33H36ClN3O4S/c1-3-17-35-18-9-15-32(2)26(29(35)39)27-30(40)37(23(21-38)20-22-11-5-4-6-12-22)28-31(41)36(19-10-16-33(27,28)42-32)25-14-8-7-13-24(25)34/h4-16,23,26-28,38H,3,17-21H2,1-2H3/t23-,26-,27+,28?,32+,33+/m1/s1. The third kappa shape index (κ3) is 4.50. The second-order valence-electron chi connectivity index (χ2n) is 11.8. The fourth-order valence-electron chi connectivity index (χ4n) is 7.40. The van der Waals surface area contributed by atoms with Crippen molar-refractivity contribution in [1.82, 2.24) is 9.80 Å². The number of para-hydroxylation sites is 1. The van der Waals surface area contributed by atoms with Gasteiger partial charge in [0.25, 0.3) is 5.91 Å². The van der Waals surface area contributed by atoms with E-state index in [1.165, 1.54) is 0 Å². The minimum Gasteiger partial charge on any atom is -0.394 e. The number of hydrogen-bond acceptors (Lipinski definition) is 5. The minimum absolute atomic E-state index is 0.0515. The molecule has 0 bridgehead atoms. The Hall–Kier alpha value is -3.07. The van der Waals surface area contributed by atoms with E-state index < -0.39 is 33.4 Å². The van der Waals surface area contributed by atoms with Crippen LogP contribution in [0.3, 0.4) is 0 Å². The number of carbonyl (C=O) groups excluding carboxylic acids is 3. The number of benzene rings is 2. The maximum absolute atomic E-state index is 14.8. The molecule has 0 aliphatic carbocycles.